The van der Waals surface area contributed by atoms with E-state index < -0.39 is 0 Å². The van der Waals surface area contributed by atoms with Crippen molar-refractivity contribution < 1.29 is 9.53 Å². The highest BCUT2D eigenvalue weighted by Gasteiger charge is 2.24. The number of hydrogen-bond acceptors (Lipinski definition) is 6. The van der Waals surface area contributed by atoms with Gasteiger partial charge in [-0.25, -0.2) is 0 Å². The Morgan fingerprint density at radius 3 is 2.48 bits per heavy atom. The Morgan fingerprint density at radius 1 is 1.10 bits per heavy atom. The summed E-state index contributed by atoms with van der Waals surface area (Å²) in [5.74, 6) is 1.02. The molecule has 2 aromatic carbocycles. The van der Waals surface area contributed by atoms with Crippen LogP contribution in [0.25, 0.3) is 0 Å². The van der Waals surface area contributed by atoms with E-state index in [-0.39, 0.29) is 11.9 Å². The number of hydrogen-bond donors (Lipinski definition) is 3. The third kappa shape index (κ3) is 5.43. The molecule has 0 bridgehead atoms. The number of nitrogens with one attached hydrogen (secondary N) is 3. The first-order chi connectivity index (χ1) is 15.1. The number of carbonyl (C=O) groups excluding carboxylic acids is 1. The lowest BCUT2D eigenvalue weighted by Crippen LogP contribution is -2.47. The molecular formula is C24H33N5O2. The Bertz CT molecular complexity index is 862. The lowest BCUT2D eigenvalue weighted by atomic mass is 9.97. The Morgan fingerprint density at radius 2 is 1.81 bits per heavy atom. The van der Waals surface area contributed by atoms with Gasteiger partial charge < -0.3 is 15.0 Å². The van der Waals surface area contributed by atoms with Crippen molar-refractivity contribution in [2.24, 2.45) is 0 Å². The van der Waals surface area contributed by atoms with E-state index in [2.05, 4.69) is 45.1 Å². The molecule has 0 spiro atoms. The molecule has 2 saturated heterocycles. The minimum absolute atomic E-state index is 0.0639. The maximum atomic E-state index is 13.2. The molecule has 0 saturated carbocycles. The number of carbonyl (C=O) groups is 1. The minimum Gasteiger partial charge on any atom is -0.496 e. The summed E-state index contributed by atoms with van der Waals surface area (Å²) in [5, 5.41) is 3.27. The van der Waals surface area contributed by atoms with Gasteiger partial charge in [0.1, 0.15) is 5.75 Å². The monoisotopic (exact) mass is 423 g/mol. The van der Waals surface area contributed by atoms with Crippen LogP contribution in [0.5, 0.6) is 5.75 Å². The maximum absolute atomic E-state index is 13.2. The standard InChI is InChI=1S/C24H33N5O2/c1-28-10-12-29(13-11-28)17-22(18-6-4-3-5-7-18)27-24(30)19-8-9-21(23(14-19)31-2)20-15-25-26-16-20/h3-9,14,20,22,25-26H,10-13,15-17H2,1-2H3,(H,27,30). The highest BCUT2D eigenvalue weighted by Crippen LogP contribution is 2.29. The fourth-order valence-electron chi connectivity index (χ4n) is 4.32. The van der Waals surface area contributed by atoms with Crippen molar-refractivity contribution in [3.63, 3.8) is 0 Å². The summed E-state index contributed by atoms with van der Waals surface area (Å²) in [4.78, 5) is 18.0. The number of nitrogens with zero attached hydrogens (tertiary/aromatic N) is 2. The number of amides is 1. The number of hydrazine groups is 1. The maximum Gasteiger partial charge on any atom is 0.251 e. The molecule has 0 radical (unpaired) electrons. The summed E-state index contributed by atoms with van der Waals surface area (Å²) >= 11 is 0. The van der Waals surface area contributed by atoms with Gasteiger partial charge >= 0.3 is 0 Å². The molecule has 4 rings (SSSR count). The summed E-state index contributed by atoms with van der Waals surface area (Å²) in [6, 6.07) is 16.0. The van der Waals surface area contributed by atoms with E-state index in [1.54, 1.807) is 7.11 Å². The molecule has 31 heavy (non-hydrogen) atoms. The molecule has 3 N–H and O–H groups in total. The lowest BCUT2D eigenvalue weighted by molar-refractivity contribution is 0.0907. The number of methoxy groups -OCH3 is 1. The Kier molecular flexibility index (Phi) is 7.19. The van der Waals surface area contributed by atoms with Crippen LogP contribution in [-0.4, -0.2) is 75.7 Å². The summed E-state index contributed by atoms with van der Waals surface area (Å²) in [6.07, 6.45) is 0. The zero-order valence-electron chi connectivity index (χ0n) is 18.4. The van der Waals surface area contributed by atoms with Gasteiger partial charge in [-0.1, -0.05) is 36.4 Å². The van der Waals surface area contributed by atoms with Crippen LogP contribution in [0.15, 0.2) is 48.5 Å². The van der Waals surface area contributed by atoms with E-state index in [0.717, 1.165) is 62.7 Å². The predicted octanol–water partition coefficient (Wildman–Crippen LogP) is 1.61. The van der Waals surface area contributed by atoms with E-state index in [1.807, 2.05) is 36.4 Å². The average Bonchev–Trinajstić information content (AvgIpc) is 3.35. The van der Waals surface area contributed by atoms with Crippen LogP contribution in [0.4, 0.5) is 0 Å². The van der Waals surface area contributed by atoms with Crippen LogP contribution in [0.3, 0.4) is 0 Å². The SMILES string of the molecule is COc1cc(C(=O)NC(CN2CCN(C)CC2)c2ccccc2)ccc1C1CNNC1. The molecule has 0 aromatic heterocycles. The second-order valence-corrected chi connectivity index (χ2v) is 8.46. The smallest absolute Gasteiger partial charge is 0.251 e. The third-order valence-corrected chi connectivity index (χ3v) is 6.30. The van der Waals surface area contributed by atoms with Crippen LogP contribution in [0.2, 0.25) is 0 Å². The van der Waals surface area contributed by atoms with Gasteiger partial charge in [-0.05, 0) is 30.3 Å². The van der Waals surface area contributed by atoms with Crippen molar-refractivity contribution in [3.8, 4) is 5.75 Å². The van der Waals surface area contributed by atoms with Gasteiger partial charge in [0.25, 0.3) is 5.91 Å². The number of piperazine rings is 1. The van der Waals surface area contributed by atoms with E-state index in [0.29, 0.717) is 11.5 Å². The number of rotatable bonds is 7. The molecular weight excluding hydrogens is 390 g/mol. The Hall–Kier alpha value is -2.45. The first kappa shape index (κ1) is 21.8. The molecule has 2 aromatic rings. The van der Waals surface area contributed by atoms with Gasteiger partial charge in [0.2, 0.25) is 0 Å². The average molecular weight is 424 g/mol. The number of likely N-dealkylation sites (N-methyl/N-ethyl adjacent to an activating group) is 1. The van der Waals surface area contributed by atoms with Crippen molar-refractivity contribution >= 4 is 5.91 Å². The lowest BCUT2D eigenvalue weighted by Gasteiger charge is -2.35. The molecule has 7 heteroatoms. The van der Waals surface area contributed by atoms with Crippen LogP contribution in [-0.2, 0) is 0 Å². The fraction of sp³-hybridized carbons (Fsp3) is 0.458. The Labute approximate surface area is 184 Å². The van der Waals surface area contributed by atoms with Crippen LogP contribution in [0.1, 0.15) is 33.4 Å². The number of benzene rings is 2. The molecule has 2 fully saturated rings. The highest BCUT2D eigenvalue weighted by atomic mass is 16.5. The van der Waals surface area contributed by atoms with Crippen molar-refractivity contribution in [3.05, 3.63) is 65.2 Å². The first-order valence-corrected chi connectivity index (χ1v) is 11.0. The topological polar surface area (TPSA) is 68.9 Å². The molecule has 2 heterocycles. The predicted molar refractivity (Wildman–Crippen MR) is 122 cm³/mol. The van der Waals surface area contributed by atoms with E-state index in [1.165, 1.54) is 0 Å². The van der Waals surface area contributed by atoms with Gasteiger partial charge in [-0.15, -0.1) is 0 Å². The van der Waals surface area contributed by atoms with Gasteiger partial charge in [-0.3, -0.25) is 20.5 Å². The summed E-state index contributed by atoms with van der Waals surface area (Å²) in [6.45, 7) is 6.64. The van der Waals surface area contributed by atoms with E-state index in [9.17, 15) is 4.79 Å². The van der Waals surface area contributed by atoms with E-state index in [4.69, 9.17) is 4.74 Å². The molecule has 2 aliphatic rings. The zero-order chi connectivity index (χ0) is 21.6. The summed E-state index contributed by atoms with van der Waals surface area (Å²) in [7, 11) is 3.82. The molecule has 2 aliphatic heterocycles. The Balaban J connectivity index is 1.50. The molecule has 0 aliphatic carbocycles. The van der Waals surface area contributed by atoms with Gasteiger partial charge in [0.05, 0.1) is 13.2 Å². The van der Waals surface area contributed by atoms with Crippen LogP contribution < -0.4 is 20.9 Å². The van der Waals surface area contributed by atoms with Crippen molar-refractivity contribution in [1.82, 2.24) is 26.0 Å². The largest absolute Gasteiger partial charge is 0.496 e. The normalized spacial score (nSPS) is 19.3. The quantitative estimate of drug-likeness (QED) is 0.629. The van der Waals surface area contributed by atoms with Gasteiger partial charge in [0.15, 0.2) is 0 Å². The summed E-state index contributed by atoms with van der Waals surface area (Å²) < 4.78 is 5.62. The van der Waals surface area contributed by atoms with Crippen LogP contribution >= 0.6 is 0 Å². The molecule has 1 atom stereocenters. The van der Waals surface area contributed by atoms with Crippen molar-refractivity contribution in [1.29, 1.82) is 0 Å². The third-order valence-electron chi connectivity index (χ3n) is 6.30. The molecule has 166 valence electrons. The second kappa shape index (κ2) is 10.2. The van der Waals surface area contributed by atoms with E-state index >= 15 is 0 Å². The van der Waals surface area contributed by atoms with Crippen LogP contribution in [0, 0.1) is 0 Å². The highest BCUT2D eigenvalue weighted by molar-refractivity contribution is 5.95. The molecule has 1 amide bonds. The zero-order valence-corrected chi connectivity index (χ0v) is 18.4. The minimum atomic E-state index is -0.0736. The van der Waals surface area contributed by atoms with Gasteiger partial charge in [0, 0.05) is 57.3 Å². The van der Waals surface area contributed by atoms with Crippen molar-refractivity contribution in [2.75, 3.05) is 60.0 Å². The first-order valence-electron chi connectivity index (χ1n) is 11.0. The van der Waals surface area contributed by atoms with Crippen molar-refractivity contribution in [2.45, 2.75) is 12.0 Å². The van der Waals surface area contributed by atoms with Gasteiger partial charge in [-0.2, -0.15) is 0 Å². The fourth-order valence-corrected chi connectivity index (χ4v) is 4.32. The second-order valence-electron chi connectivity index (χ2n) is 8.46. The molecule has 1 unspecified atom stereocenters. The summed E-state index contributed by atoms with van der Waals surface area (Å²) in [5.41, 5.74) is 9.17. The number of ether oxygens (including phenoxy) is 1. The molecule has 7 nitrogen and oxygen atoms in total.